The zero-order chi connectivity index (χ0) is 8.27. The highest BCUT2D eigenvalue weighted by molar-refractivity contribution is 5.85. The van der Waals surface area contributed by atoms with Gasteiger partial charge in [0.15, 0.2) is 0 Å². The van der Waals surface area contributed by atoms with E-state index >= 15 is 0 Å². The van der Waals surface area contributed by atoms with Gasteiger partial charge in [-0.15, -0.1) is 12.4 Å². The van der Waals surface area contributed by atoms with Gasteiger partial charge in [0, 0.05) is 38.3 Å². The molecule has 0 spiro atoms. The van der Waals surface area contributed by atoms with Gasteiger partial charge in [-0.05, 0) is 13.8 Å². The minimum Gasteiger partial charge on any atom is -0.329 e. The molecule has 1 rings (SSSR count). The van der Waals surface area contributed by atoms with Crippen molar-refractivity contribution in [2.75, 3.05) is 26.2 Å². The van der Waals surface area contributed by atoms with Gasteiger partial charge in [-0.1, -0.05) is 0 Å². The van der Waals surface area contributed by atoms with Crippen LogP contribution >= 0.6 is 12.4 Å². The van der Waals surface area contributed by atoms with E-state index in [0.717, 1.165) is 26.2 Å². The molecule has 1 aliphatic heterocycles. The highest BCUT2D eigenvalue weighted by Crippen LogP contribution is 2.02. The number of nitrogens with one attached hydrogen (secondary N) is 1. The van der Waals surface area contributed by atoms with E-state index in [2.05, 4.69) is 24.1 Å². The highest BCUT2D eigenvalue weighted by Gasteiger charge is 2.19. The van der Waals surface area contributed by atoms with Crippen molar-refractivity contribution in [3.8, 4) is 0 Å². The van der Waals surface area contributed by atoms with E-state index in [1.54, 1.807) is 0 Å². The summed E-state index contributed by atoms with van der Waals surface area (Å²) < 4.78 is 0. The van der Waals surface area contributed by atoms with Crippen LogP contribution in [0.1, 0.15) is 13.8 Å². The fourth-order valence-corrected chi connectivity index (χ4v) is 1.81. The van der Waals surface area contributed by atoms with Crippen LogP contribution in [0.15, 0.2) is 0 Å². The lowest BCUT2D eigenvalue weighted by atomic mass is 10.1. The van der Waals surface area contributed by atoms with Gasteiger partial charge in [-0.25, -0.2) is 0 Å². The number of nitrogens with zero attached hydrogens (tertiary/aromatic N) is 1. The first-order chi connectivity index (χ1) is 5.22. The lowest BCUT2D eigenvalue weighted by Crippen LogP contribution is -2.54. The van der Waals surface area contributed by atoms with Crippen molar-refractivity contribution in [3.63, 3.8) is 0 Å². The standard InChI is InChI=1S/C8H19N3.ClH/c1-7-5-11(4-3-9)6-8(2)10-7;/h7-8,10H,3-6,9H2,1-2H3;1H. The van der Waals surface area contributed by atoms with E-state index < -0.39 is 0 Å². The molecule has 1 saturated heterocycles. The molecule has 4 heteroatoms. The van der Waals surface area contributed by atoms with E-state index in [-0.39, 0.29) is 12.4 Å². The van der Waals surface area contributed by atoms with Gasteiger partial charge < -0.3 is 11.1 Å². The summed E-state index contributed by atoms with van der Waals surface area (Å²) in [5.74, 6) is 0. The highest BCUT2D eigenvalue weighted by atomic mass is 35.5. The number of halogens is 1. The number of nitrogens with two attached hydrogens (primary N) is 1. The van der Waals surface area contributed by atoms with Crippen LogP contribution < -0.4 is 11.1 Å². The van der Waals surface area contributed by atoms with E-state index in [0.29, 0.717) is 12.1 Å². The van der Waals surface area contributed by atoms with Gasteiger partial charge in [-0.2, -0.15) is 0 Å². The van der Waals surface area contributed by atoms with Crippen molar-refractivity contribution in [3.05, 3.63) is 0 Å². The number of hydrogen-bond acceptors (Lipinski definition) is 3. The molecule has 12 heavy (non-hydrogen) atoms. The number of piperazine rings is 1. The normalized spacial score (nSPS) is 31.2. The van der Waals surface area contributed by atoms with Crippen LogP contribution in [0, 0.1) is 0 Å². The van der Waals surface area contributed by atoms with Gasteiger partial charge in [0.25, 0.3) is 0 Å². The van der Waals surface area contributed by atoms with Crippen molar-refractivity contribution < 1.29 is 0 Å². The molecule has 0 amide bonds. The van der Waals surface area contributed by atoms with Crippen LogP contribution in [0.4, 0.5) is 0 Å². The van der Waals surface area contributed by atoms with Gasteiger partial charge >= 0.3 is 0 Å². The molecule has 1 heterocycles. The third kappa shape index (κ3) is 3.72. The van der Waals surface area contributed by atoms with E-state index in [9.17, 15) is 0 Å². The Morgan fingerprint density at radius 2 is 1.83 bits per heavy atom. The molecular formula is C8H20ClN3. The second kappa shape index (κ2) is 5.75. The molecule has 0 aromatic heterocycles. The third-order valence-electron chi connectivity index (χ3n) is 2.08. The smallest absolute Gasteiger partial charge is 0.0169 e. The molecule has 0 saturated carbocycles. The molecule has 74 valence electrons. The van der Waals surface area contributed by atoms with E-state index in [1.807, 2.05) is 0 Å². The Morgan fingerprint density at radius 3 is 2.25 bits per heavy atom. The Bertz CT molecular complexity index is 111. The summed E-state index contributed by atoms with van der Waals surface area (Å²) in [6, 6.07) is 1.23. The van der Waals surface area contributed by atoms with Crippen molar-refractivity contribution in [2.24, 2.45) is 5.73 Å². The zero-order valence-electron chi connectivity index (χ0n) is 7.92. The maximum absolute atomic E-state index is 5.49. The maximum Gasteiger partial charge on any atom is 0.0169 e. The largest absolute Gasteiger partial charge is 0.329 e. The molecule has 0 radical (unpaired) electrons. The molecule has 0 aromatic carbocycles. The fraction of sp³-hybridized carbons (Fsp3) is 1.00. The van der Waals surface area contributed by atoms with Crippen LogP contribution in [0.25, 0.3) is 0 Å². The fourth-order valence-electron chi connectivity index (χ4n) is 1.81. The SMILES string of the molecule is CC1CN(CCN)CC(C)N1.Cl. The minimum absolute atomic E-state index is 0. The second-order valence-electron chi connectivity index (χ2n) is 3.52. The molecule has 3 N–H and O–H groups in total. The summed E-state index contributed by atoms with van der Waals surface area (Å²) in [7, 11) is 0. The predicted octanol–water partition coefficient (Wildman–Crippen LogP) is 0.0491. The number of rotatable bonds is 2. The first-order valence-corrected chi connectivity index (χ1v) is 4.41. The van der Waals surface area contributed by atoms with Crippen molar-refractivity contribution in [1.82, 2.24) is 10.2 Å². The average molecular weight is 194 g/mol. The number of hydrogen-bond donors (Lipinski definition) is 2. The van der Waals surface area contributed by atoms with E-state index in [4.69, 9.17) is 5.73 Å². The Hall–Kier alpha value is 0.170. The summed E-state index contributed by atoms with van der Waals surface area (Å²) in [5, 5.41) is 3.49. The summed E-state index contributed by atoms with van der Waals surface area (Å²) in [6.45, 7) is 8.54. The summed E-state index contributed by atoms with van der Waals surface area (Å²) in [4.78, 5) is 2.42. The van der Waals surface area contributed by atoms with E-state index in [1.165, 1.54) is 0 Å². The Morgan fingerprint density at radius 1 is 1.33 bits per heavy atom. The zero-order valence-corrected chi connectivity index (χ0v) is 8.73. The lowest BCUT2D eigenvalue weighted by molar-refractivity contribution is 0.178. The van der Waals surface area contributed by atoms with Gasteiger partial charge in [0.1, 0.15) is 0 Å². The van der Waals surface area contributed by atoms with Crippen LogP contribution in [-0.4, -0.2) is 43.2 Å². The average Bonchev–Trinajstić information content (AvgIpc) is 1.85. The maximum atomic E-state index is 5.49. The monoisotopic (exact) mass is 193 g/mol. The predicted molar refractivity (Wildman–Crippen MR) is 54.8 cm³/mol. The van der Waals surface area contributed by atoms with Gasteiger partial charge in [0.2, 0.25) is 0 Å². The Labute approximate surface area is 81.1 Å². The third-order valence-corrected chi connectivity index (χ3v) is 2.08. The van der Waals surface area contributed by atoms with Gasteiger partial charge in [0.05, 0.1) is 0 Å². The molecule has 0 aliphatic carbocycles. The summed E-state index contributed by atoms with van der Waals surface area (Å²) in [6.07, 6.45) is 0. The van der Waals surface area contributed by atoms with Crippen LogP contribution in [0.2, 0.25) is 0 Å². The lowest BCUT2D eigenvalue weighted by Gasteiger charge is -2.35. The van der Waals surface area contributed by atoms with Crippen molar-refractivity contribution in [1.29, 1.82) is 0 Å². The van der Waals surface area contributed by atoms with Gasteiger partial charge in [-0.3, -0.25) is 4.90 Å². The molecule has 0 aromatic rings. The first kappa shape index (κ1) is 12.2. The Balaban J connectivity index is 0.00000121. The minimum atomic E-state index is 0. The van der Waals surface area contributed by atoms with Crippen LogP contribution in [0.3, 0.4) is 0 Å². The molecule has 3 nitrogen and oxygen atoms in total. The second-order valence-corrected chi connectivity index (χ2v) is 3.52. The molecule has 0 bridgehead atoms. The molecular weight excluding hydrogens is 174 g/mol. The van der Waals surface area contributed by atoms with Crippen LogP contribution in [0.5, 0.6) is 0 Å². The van der Waals surface area contributed by atoms with Crippen molar-refractivity contribution in [2.45, 2.75) is 25.9 Å². The quantitative estimate of drug-likeness (QED) is 0.652. The molecule has 2 unspecified atom stereocenters. The summed E-state index contributed by atoms with van der Waals surface area (Å²) >= 11 is 0. The summed E-state index contributed by atoms with van der Waals surface area (Å²) in [5.41, 5.74) is 5.49. The first-order valence-electron chi connectivity index (χ1n) is 4.41. The molecule has 2 atom stereocenters. The molecule has 1 fully saturated rings. The topological polar surface area (TPSA) is 41.3 Å². The Kier molecular flexibility index (Phi) is 5.84. The van der Waals surface area contributed by atoms with Crippen molar-refractivity contribution >= 4 is 12.4 Å². The van der Waals surface area contributed by atoms with Crippen LogP contribution in [-0.2, 0) is 0 Å². The molecule has 1 aliphatic rings.